The quantitative estimate of drug-likeness (QED) is 0.424. The number of hydrogen-bond donors (Lipinski definition) is 0. The monoisotopic (exact) mass is 352 g/mol. The Morgan fingerprint density at radius 2 is 1.58 bits per heavy atom. The molecule has 4 heteroatoms. The Kier molecular flexibility index (Phi) is 3.37. The number of cyclic esters (lactones) is 2. The number of carbonyl (C=O) groups is 2. The number of ether oxygens (including phenoxy) is 1. The van der Waals surface area contributed by atoms with Crippen molar-refractivity contribution in [2.75, 3.05) is 0 Å². The third-order valence-electron chi connectivity index (χ3n) is 6.97. The summed E-state index contributed by atoms with van der Waals surface area (Å²) in [7, 11) is 0. The predicted molar refractivity (Wildman–Crippen MR) is 95.9 cm³/mol. The molecule has 4 bridgehead atoms. The summed E-state index contributed by atoms with van der Waals surface area (Å²) >= 11 is 0. The van der Waals surface area contributed by atoms with E-state index in [1.54, 1.807) is 0 Å². The zero-order valence-corrected chi connectivity index (χ0v) is 15.6. The predicted octanol–water partition coefficient (Wildman–Crippen LogP) is 4.51. The zero-order valence-electron chi connectivity index (χ0n) is 15.6. The van der Waals surface area contributed by atoms with Crippen molar-refractivity contribution in [3.63, 3.8) is 0 Å². The van der Waals surface area contributed by atoms with Crippen molar-refractivity contribution < 1.29 is 18.7 Å². The molecule has 0 N–H and O–H groups in total. The van der Waals surface area contributed by atoms with Gasteiger partial charge in [0.2, 0.25) is 0 Å². The Hall–Kier alpha value is -2.10. The standard InChI is InChI=1S/C22H24O4/c1-10-4-17(12(3)25-10)11(2)18-20(22(24)26-21(18)23)19-15-6-13-5-14(8-15)9-16(19)7-13/h4,13-16H,5-9H2,1-3H3/b18-11-,20-19?. The van der Waals surface area contributed by atoms with Crippen LogP contribution in [-0.2, 0) is 14.3 Å². The fraction of sp³-hybridized carbons (Fsp3) is 0.545. The van der Waals surface area contributed by atoms with E-state index in [2.05, 4.69) is 0 Å². The van der Waals surface area contributed by atoms with Gasteiger partial charge >= 0.3 is 11.9 Å². The van der Waals surface area contributed by atoms with E-state index in [0.717, 1.165) is 34.5 Å². The summed E-state index contributed by atoms with van der Waals surface area (Å²) in [5.74, 6) is 3.16. The first kappa shape index (κ1) is 16.1. The Morgan fingerprint density at radius 1 is 0.962 bits per heavy atom. The van der Waals surface area contributed by atoms with Crippen LogP contribution < -0.4 is 0 Å². The van der Waals surface area contributed by atoms with Crippen LogP contribution in [0.25, 0.3) is 5.57 Å². The van der Waals surface area contributed by atoms with E-state index in [4.69, 9.17) is 9.15 Å². The van der Waals surface area contributed by atoms with Crippen LogP contribution in [0.3, 0.4) is 0 Å². The van der Waals surface area contributed by atoms with Gasteiger partial charge in [0.1, 0.15) is 11.5 Å². The SMILES string of the molecule is C/C(=C1/C(=O)OC(=O)C1=C1C2CC3CC(C2)CC1C3)c1cc(C)oc1C. The Bertz CT molecular complexity index is 865. The van der Waals surface area contributed by atoms with Crippen LogP contribution in [0.4, 0.5) is 0 Å². The van der Waals surface area contributed by atoms with Gasteiger partial charge in [0.15, 0.2) is 0 Å². The van der Waals surface area contributed by atoms with Crippen molar-refractivity contribution in [2.45, 2.75) is 52.9 Å². The summed E-state index contributed by atoms with van der Waals surface area (Å²) in [4.78, 5) is 25.3. The van der Waals surface area contributed by atoms with E-state index >= 15 is 0 Å². The van der Waals surface area contributed by atoms with Gasteiger partial charge in [0.25, 0.3) is 0 Å². The molecule has 1 aromatic heterocycles. The fourth-order valence-electron chi connectivity index (χ4n) is 6.23. The maximum atomic E-state index is 12.7. The molecule has 2 heterocycles. The van der Waals surface area contributed by atoms with Crippen LogP contribution in [0, 0.1) is 37.5 Å². The minimum atomic E-state index is -0.498. The average molecular weight is 352 g/mol. The lowest BCUT2D eigenvalue weighted by molar-refractivity contribution is -0.149. The summed E-state index contributed by atoms with van der Waals surface area (Å²) < 4.78 is 10.8. The van der Waals surface area contributed by atoms with Crippen molar-refractivity contribution in [3.8, 4) is 0 Å². The highest BCUT2D eigenvalue weighted by atomic mass is 16.6. The van der Waals surface area contributed by atoms with Gasteiger partial charge in [0, 0.05) is 5.56 Å². The first-order chi connectivity index (χ1) is 12.4. The highest BCUT2D eigenvalue weighted by Crippen LogP contribution is 2.58. The molecule has 4 saturated carbocycles. The van der Waals surface area contributed by atoms with Gasteiger partial charge in [-0.3, -0.25) is 0 Å². The van der Waals surface area contributed by atoms with Gasteiger partial charge < -0.3 is 9.15 Å². The highest BCUT2D eigenvalue weighted by molar-refractivity contribution is 6.22. The van der Waals surface area contributed by atoms with Crippen molar-refractivity contribution in [3.05, 3.63) is 39.9 Å². The lowest BCUT2D eigenvalue weighted by Crippen LogP contribution is -2.41. The summed E-state index contributed by atoms with van der Waals surface area (Å²) in [5, 5.41) is 0. The molecule has 5 fully saturated rings. The molecular formula is C22H24O4. The first-order valence-corrected chi connectivity index (χ1v) is 9.71. The Labute approximate surface area is 153 Å². The summed E-state index contributed by atoms with van der Waals surface area (Å²) in [6.45, 7) is 5.69. The number of furan rings is 1. The van der Waals surface area contributed by atoms with Crippen LogP contribution in [0.5, 0.6) is 0 Å². The second-order valence-electron chi connectivity index (χ2n) is 8.64. The van der Waals surface area contributed by atoms with Gasteiger partial charge in [-0.15, -0.1) is 0 Å². The van der Waals surface area contributed by atoms with Gasteiger partial charge in [-0.2, -0.15) is 0 Å². The molecule has 0 spiro atoms. The van der Waals surface area contributed by atoms with E-state index < -0.39 is 11.9 Å². The third kappa shape index (κ3) is 2.20. The number of allylic oxidation sites excluding steroid dienone is 2. The molecule has 0 unspecified atom stereocenters. The molecular weight excluding hydrogens is 328 g/mol. The molecule has 1 aromatic rings. The van der Waals surface area contributed by atoms with Crippen LogP contribution in [-0.4, -0.2) is 11.9 Å². The number of rotatable bonds is 1. The van der Waals surface area contributed by atoms with Gasteiger partial charge in [-0.1, -0.05) is 0 Å². The van der Waals surface area contributed by atoms with Crippen molar-refractivity contribution in [1.82, 2.24) is 0 Å². The molecule has 1 aliphatic heterocycles. The minimum absolute atomic E-state index is 0.440. The van der Waals surface area contributed by atoms with E-state index in [1.807, 2.05) is 26.8 Å². The van der Waals surface area contributed by atoms with Crippen molar-refractivity contribution in [1.29, 1.82) is 0 Å². The smallest absolute Gasteiger partial charge is 0.347 e. The lowest BCUT2D eigenvalue weighted by atomic mass is 9.53. The molecule has 4 aliphatic carbocycles. The number of carbonyl (C=O) groups excluding carboxylic acids is 2. The van der Waals surface area contributed by atoms with Crippen LogP contribution >= 0.6 is 0 Å². The van der Waals surface area contributed by atoms with Gasteiger partial charge in [-0.05, 0) is 93.8 Å². The largest absolute Gasteiger partial charge is 0.466 e. The van der Waals surface area contributed by atoms with Crippen molar-refractivity contribution >= 4 is 17.5 Å². The van der Waals surface area contributed by atoms with Gasteiger partial charge in [0.05, 0.1) is 11.1 Å². The molecule has 136 valence electrons. The summed E-state index contributed by atoms with van der Waals surface area (Å²) in [6.07, 6.45) is 6.04. The van der Waals surface area contributed by atoms with Crippen LogP contribution in [0.2, 0.25) is 0 Å². The van der Waals surface area contributed by atoms with E-state index in [1.165, 1.54) is 37.7 Å². The molecule has 6 rings (SSSR count). The number of esters is 2. The molecule has 0 aromatic carbocycles. The Balaban J connectivity index is 1.70. The highest BCUT2D eigenvalue weighted by Gasteiger charge is 2.49. The second kappa shape index (κ2) is 5.45. The molecule has 26 heavy (non-hydrogen) atoms. The van der Waals surface area contributed by atoms with Crippen LogP contribution in [0.1, 0.15) is 56.1 Å². The summed E-state index contributed by atoms with van der Waals surface area (Å²) in [6, 6.07) is 1.94. The maximum absolute atomic E-state index is 12.7. The number of aryl methyl sites for hydroxylation is 2. The molecule has 0 radical (unpaired) electrons. The molecule has 5 aliphatic rings. The van der Waals surface area contributed by atoms with Gasteiger partial charge in [-0.25, -0.2) is 9.59 Å². The molecule has 1 saturated heterocycles. The first-order valence-electron chi connectivity index (χ1n) is 9.71. The van der Waals surface area contributed by atoms with E-state index in [0.29, 0.717) is 23.0 Å². The van der Waals surface area contributed by atoms with Crippen molar-refractivity contribution in [2.24, 2.45) is 23.7 Å². The average Bonchev–Trinajstić information content (AvgIpc) is 3.04. The maximum Gasteiger partial charge on any atom is 0.347 e. The molecule has 0 amide bonds. The van der Waals surface area contributed by atoms with E-state index in [9.17, 15) is 9.59 Å². The normalized spacial score (nSPS) is 34.7. The number of hydrogen-bond acceptors (Lipinski definition) is 4. The third-order valence-corrected chi connectivity index (χ3v) is 6.97. The molecule has 4 nitrogen and oxygen atoms in total. The summed E-state index contributed by atoms with van der Waals surface area (Å²) in [5.41, 5.74) is 3.97. The zero-order chi connectivity index (χ0) is 18.2. The van der Waals surface area contributed by atoms with E-state index in [-0.39, 0.29) is 0 Å². The Morgan fingerprint density at radius 3 is 2.12 bits per heavy atom. The fourth-order valence-corrected chi connectivity index (χ4v) is 6.23. The molecule has 0 atom stereocenters. The van der Waals surface area contributed by atoms with Crippen LogP contribution in [0.15, 0.2) is 27.2 Å². The topological polar surface area (TPSA) is 56.5 Å². The second-order valence-corrected chi connectivity index (χ2v) is 8.64. The minimum Gasteiger partial charge on any atom is -0.466 e. The lowest BCUT2D eigenvalue weighted by Gasteiger charge is -2.51.